The van der Waals surface area contributed by atoms with Crippen molar-refractivity contribution in [3.05, 3.63) is 52.5 Å². The van der Waals surface area contributed by atoms with Gasteiger partial charge in [-0.1, -0.05) is 17.7 Å². The first kappa shape index (κ1) is 14.5. The van der Waals surface area contributed by atoms with E-state index in [-0.39, 0.29) is 0 Å². The van der Waals surface area contributed by atoms with E-state index in [0.29, 0.717) is 33.3 Å². The molecule has 0 amide bonds. The second-order valence-corrected chi connectivity index (χ2v) is 4.73. The van der Waals surface area contributed by atoms with Crippen LogP contribution in [0, 0.1) is 0 Å². The quantitative estimate of drug-likeness (QED) is 0.851. The zero-order valence-electron chi connectivity index (χ0n) is 11.3. The van der Waals surface area contributed by atoms with Gasteiger partial charge < -0.3 is 20.3 Å². The van der Waals surface area contributed by atoms with Crippen molar-refractivity contribution in [1.82, 2.24) is 0 Å². The Bertz CT molecular complexity index is 616. The molecule has 0 aliphatic rings. The number of hydrogen-bond acceptors (Lipinski definition) is 4. The molecule has 5 heteroatoms. The largest absolute Gasteiger partial charge is 0.493 e. The molecule has 2 aromatic carbocycles. The lowest BCUT2D eigenvalue weighted by Crippen LogP contribution is -2.04. The van der Waals surface area contributed by atoms with Gasteiger partial charge in [-0.25, -0.2) is 0 Å². The average Bonchev–Trinajstić information content (AvgIpc) is 2.48. The molecule has 0 aliphatic heterocycles. The monoisotopic (exact) mass is 293 g/mol. The highest BCUT2D eigenvalue weighted by atomic mass is 35.5. The molecule has 2 rings (SSSR count). The third-order valence-electron chi connectivity index (χ3n) is 3.07. The van der Waals surface area contributed by atoms with Crippen molar-refractivity contribution in [2.75, 3.05) is 20.0 Å². The van der Waals surface area contributed by atoms with Gasteiger partial charge in [0.2, 0.25) is 0 Å². The predicted octanol–water partition coefficient (Wildman–Crippen LogP) is 3.02. The number of aliphatic hydroxyl groups excluding tert-OH is 1. The van der Waals surface area contributed by atoms with E-state index < -0.39 is 6.10 Å². The summed E-state index contributed by atoms with van der Waals surface area (Å²) in [5.74, 6) is 1.15. The maximum Gasteiger partial charge on any atom is 0.161 e. The van der Waals surface area contributed by atoms with E-state index in [4.69, 9.17) is 26.8 Å². The SMILES string of the molecule is COc1ccc([C@H](O)c2cc(Cl)ccc2N)cc1OC. The molecule has 1 atom stereocenters. The number of aliphatic hydroxyl groups is 1. The molecule has 0 spiro atoms. The summed E-state index contributed by atoms with van der Waals surface area (Å²) in [6.45, 7) is 0. The van der Waals surface area contributed by atoms with Gasteiger partial charge in [0.05, 0.1) is 14.2 Å². The Morgan fingerprint density at radius 2 is 1.75 bits per heavy atom. The van der Waals surface area contributed by atoms with Gasteiger partial charge in [-0.2, -0.15) is 0 Å². The van der Waals surface area contributed by atoms with Crippen LogP contribution in [-0.2, 0) is 0 Å². The highest BCUT2D eigenvalue weighted by Crippen LogP contribution is 2.34. The zero-order chi connectivity index (χ0) is 14.7. The number of methoxy groups -OCH3 is 2. The average molecular weight is 294 g/mol. The third-order valence-corrected chi connectivity index (χ3v) is 3.30. The summed E-state index contributed by atoms with van der Waals surface area (Å²) in [6, 6.07) is 10.2. The Morgan fingerprint density at radius 3 is 2.40 bits per heavy atom. The van der Waals surface area contributed by atoms with Crippen molar-refractivity contribution >= 4 is 17.3 Å². The van der Waals surface area contributed by atoms with Crippen molar-refractivity contribution in [2.24, 2.45) is 0 Å². The summed E-state index contributed by atoms with van der Waals surface area (Å²) >= 11 is 5.94. The smallest absolute Gasteiger partial charge is 0.161 e. The minimum Gasteiger partial charge on any atom is -0.493 e. The number of anilines is 1. The van der Waals surface area contributed by atoms with Crippen LogP contribution < -0.4 is 15.2 Å². The molecular formula is C15H16ClNO3. The summed E-state index contributed by atoms with van der Waals surface area (Å²) in [5, 5.41) is 11.0. The number of nitrogen functional groups attached to an aromatic ring is 1. The van der Waals surface area contributed by atoms with E-state index in [0.717, 1.165) is 0 Å². The Balaban J connectivity index is 2.42. The molecule has 0 saturated carbocycles. The first-order valence-corrected chi connectivity index (χ1v) is 6.39. The molecule has 3 N–H and O–H groups in total. The molecule has 0 saturated heterocycles. The van der Waals surface area contributed by atoms with Gasteiger partial charge in [-0.3, -0.25) is 0 Å². The first-order chi connectivity index (χ1) is 9.56. The van der Waals surface area contributed by atoms with Gasteiger partial charge in [0.1, 0.15) is 6.10 Å². The molecule has 0 heterocycles. The third kappa shape index (κ3) is 2.81. The van der Waals surface area contributed by atoms with Gasteiger partial charge in [0, 0.05) is 16.3 Å². The number of hydrogen-bond donors (Lipinski definition) is 2. The Morgan fingerprint density at radius 1 is 1.05 bits per heavy atom. The summed E-state index contributed by atoms with van der Waals surface area (Å²) in [4.78, 5) is 0. The molecule has 0 aliphatic carbocycles. The van der Waals surface area contributed by atoms with Crippen molar-refractivity contribution in [1.29, 1.82) is 0 Å². The zero-order valence-corrected chi connectivity index (χ0v) is 12.0. The molecular weight excluding hydrogens is 278 g/mol. The normalized spacial score (nSPS) is 12.0. The highest BCUT2D eigenvalue weighted by Gasteiger charge is 2.16. The second kappa shape index (κ2) is 6.03. The van der Waals surface area contributed by atoms with E-state index in [1.54, 1.807) is 50.6 Å². The van der Waals surface area contributed by atoms with E-state index >= 15 is 0 Å². The van der Waals surface area contributed by atoms with Crippen LogP contribution in [0.4, 0.5) is 5.69 Å². The fraction of sp³-hybridized carbons (Fsp3) is 0.200. The summed E-state index contributed by atoms with van der Waals surface area (Å²) in [7, 11) is 3.10. The molecule has 0 radical (unpaired) electrons. The minimum atomic E-state index is -0.881. The molecule has 20 heavy (non-hydrogen) atoms. The van der Waals surface area contributed by atoms with E-state index in [9.17, 15) is 5.11 Å². The lowest BCUT2D eigenvalue weighted by molar-refractivity contribution is 0.220. The van der Waals surface area contributed by atoms with Crippen molar-refractivity contribution < 1.29 is 14.6 Å². The molecule has 4 nitrogen and oxygen atoms in total. The Labute approximate surface area is 122 Å². The van der Waals surface area contributed by atoms with Crippen LogP contribution in [0.25, 0.3) is 0 Å². The van der Waals surface area contributed by atoms with Gasteiger partial charge in [0.25, 0.3) is 0 Å². The van der Waals surface area contributed by atoms with Crippen molar-refractivity contribution in [2.45, 2.75) is 6.10 Å². The molecule has 0 bridgehead atoms. The molecule has 2 aromatic rings. The van der Waals surface area contributed by atoms with Gasteiger partial charge in [-0.05, 0) is 35.9 Å². The highest BCUT2D eigenvalue weighted by molar-refractivity contribution is 6.30. The van der Waals surface area contributed by atoms with Crippen LogP contribution in [0.1, 0.15) is 17.2 Å². The predicted molar refractivity (Wildman–Crippen MR) is 79.5 cm³/mol. The molecule has 0 aromatic heterocycles. The van der Waals surface area contributed by atoms with Crippen LogP contribution in [0.5, 0.6) is 11.5 Å². The number of halogens is 1. The Kier molecular flexibility index (Phi) is 4.37. The molecule has 0 unspecified atom stereocenters. The maximum absolute atomic E-state index is 10.4. The lowest BCUT2D eigenvalue weighted by Gasteiger charge is -2.16. The number of benzene rings is 2. The number of nitrogens with two attached hydrogens (primary N) is 1. The number of ether oxygens (including phenoxy) is 2. The van der Waals surface area contributed by atoms with Crippen LogP contribution in [-0.4, -0.2) is 19.3 Å². The van der Waals surface area contributed by atoms with E-state index in [1.807, 2.05) is 0 Å². The fourth-order valence-electron chi connectivity index (χ4n) is 1.98. The molecule has 106 valence electrons. The number of rotatable bonds is 4. The standard InChI is InChI=1S/C15H16ClNO3/c1-19-13-6-3-9(7-14(13)20-2)15(18)11-8-10(16)4-5-12(11)17/h3-8,15,18H,17H2,1-2H3/t15-/m0/s1. The summed E-state index contributed by atoms with van der Waals surface area (Å²) in [6.07, 6.45) is -0.881. The summed E-state index contributed by atoms with van der Waals surface area (Å²) in [5.41, 5.74) is 7.57. The van der Waals surface area contributed by atoms with Gasteiger partial charge >= 0.3 is 0 Å². The minimum absolute atomic E-state index is 0.483. The topological polar surface area (TPSA) is 64.7 Å². The Hall–Kier alpha value is -1.91. The molecule has 0 fully saturated rings. The second-order valence-electron chi connectivity index (χ2n) is 4.29. The van der Waals surface area contributed by atoms with E-state index in [1.165, 1.54) is 0 Å². The summed E-state index contributed by atoms with van der Waals surface area (Å²) < 4.78 is 10.4. The lowest BCUT2D eigenvalue weighted by atomic mass is 9.99. The van der Waals surface area contributed by atoms with Crippen LogP contribution in [0.15, 0.2) is 36.4 Å². The van der Waals surface area contributed by atoms with Crippen molar-refractivity contribution in [3.63, 3.8) is 0 Å². The fourth-order valence-corrected chi connectivity index (χ4v) is 2.17. The van der Waals surface area contributed by atoms with Crippen LogP contribution in [0.2, 0.25) is 5.02 Å². The maximum atomic E-state index is 10.4. The van der Waals surface area contributed by atoms with Gasteiger partial charge in [0.15, 0.2) is 11.5 Å². The van der Waals surface area contributed by atoms with Crippen LogP contribution in [0.3, 0.4) is 0 Å². The first-order valence-electron chi connectivity index (χ1n) is 6.01. The van der Waals surface area contributed by atoms with E-state index in [2.05, 4.69) is 0 Å². The van der Waals surface area contributed by atoms with Crippen LogP contribution >= 0.6 is 11.6 Å². The van der Waals surface area contributed by atoms with Crippen molar-refractivity contribution in [3.8, 4) is 11.5 Å². The van der Waals surface area contributed by atoms with Gasteiger partial charge in [-0.15, -0.1) is 0 Å².